The molecule has 0 saturated carbocycles. The molecule has 0 spiro atoms. The molecule has 0 aliphatic rings. The summed E-state index contributed by atoms with van der Waals surface area (Å²) in [6.45, 7) is 2.10. The molecule has 0 atom stereocenters. The van der Waals surface area contributed by atoms with Gasteiger partial charge >= 0.3 is 0 Å². The van der Waals surface area contributed by atoms with E-state index < -0.39 is 0 Å². The molecule has 2 amide bonds. The molecule has 3 aromatic rings. The van der Waals surface area contributed by atoms with Crippen molar-refractivity contribution in [1.82, 2.24) is 5.32 Å². The van der Waals surface area contributed by atoms with E-state index in [-0.39, 0.29) is 25.0 Å². The van der Waals surface area contributed by atoms with E-state index in [0.717, 1.165) is 5.56 Å². The van der Waals surface area contributed by atoms with Crippen molar-refractivity contribution in [2.75, 3.05) is 11.9 Å². The first-order valence-corrected chi connectivity index (χ1v) is 8.51. The summed E-state index contributed by atoms with van der Waals surface area (Å²) >= 11 is 0. The summed E-state index contributed by atoms with van der Waals surface area (Å²) in [4.78, 5) is 24.6. The van der Waals surface area contributed by atoms with Gasteiger partial charge in [0.05, 0.1) is 24.1 Å². The number of amides is 2. The molecule has 3 rings (SSSR count). The maximum Gasteiger partial charge on any atom is 0.262 e. The van der Waals surface area contributed by atoms with Gasteiger partial charge < -0.3 is 19.8 Å². The van der Waals surface area contributed by atoms with Crippen LogP contribution in [0.2, 0.25) is 0 Å². The fourth-order valence-corrected chi connectivity index (χ4v) is 2.44. The second kappa shape index (κ2) is 8.71. The van der Waals surface area contributed by atoms with Gasteiger partial charge in [0, 0.05) is 0 Å². The first kappa shape index (κ1) is 18.3. The number of benzene rings is 2. The summed E-state index contributed by atoms with van der Waals surface area (Å²) in [5.41, 5.74) is 1.90. The average molecular weight is 364 g/mol. The number of aryl methyl sites for hydroxylation is 1. The van der Waals surface area contributed by atoms with Gasteiger partial charge in [-0.2, -0.15) is 0 Å². The van der Waals surface area contributed by atoms with Crippen LogP contribution in [0, 0.1) is 6.92 Å². The number of nitrogens with one attached hydrogen (secondary N) is 2. The predicted molar refractivity (Wildman–Crippen MR) is 102 cm³/mol. The van der Waals surface area contributed by atoms with Crippen LogP contribution in [0.4, 0.5) is 5.69 Å². The normalized spacial score (nSPS) is 10.3. The Labute approximate surface area is 157 Å². The highest BCUT2D eigenvalue weighted by molar-refractivity contribution is 6.03. The number of rotatable bonds is 7. The lowest BCUT2D eigenvalue weighted by Gasteiger charge is -2.12. The minimum atomic E-state index is -0.346. The van der Waals surface area contributed by atoms with Crippen LogP contribution in [-0.2, 0) is 11.3 Å². The molecule has 0 aliphatic carbocycles. The number of hydrogen-bond donors (Lipinski definition) is 2. The van der Waals surface area contributed by atoms with Crippen LogP contribution in [0.3, 0.4) is 0 Å². The second-order valence-electron chi connectivity index (χ2n) is 5.96. The van der Waals surface area contributed by atoms with Gasteiger partial charge in [0.2, 0.25) is 0 Å². The summed E-state index contributed by atoms with van der Waals surface area (Å²) < 4.78 is 10.7. The van der Waals surface area contributed by atoms with Crippen LogP contribution >= 0.6 is 0 Å². The van der Waals surface area contributed by atoms with Crippen LogP contribution < -0.4 is 15.4 Å². The molecule has 1 aromatic heterocycles. The van der Waals surface area contributed by atoms with Crippen LogP contribution in [-0.4, -0.2) is 18.4 Å². The molecule has 27 heavy (non-hydrogen) atoms. The molecular weight excluding hydrogens is 344 g/mol. The Morgan fingerprint density at radius 1 is 1.00 bits per heavy atom. The lowest BCUT2D eigenvalue weighted by Crippen LogP contribution is -2.26. The number of carbonyl (C=O) groups is 2. The van der Waals surface area contributed by atoms with Crippen LogP contribution in [0.15, 0.2) is 71.3 Å². The molecule has 0 bridgehead atoms. The quantitative estimate of drug-likeness (QED) is 0.672. The smallest absolute Gasteiger partial charge is 0.262 e. The Kier molecular flexibility index (Phi) is 5.89. The Bertz CT molecular complexity index is 902. The first-order chi connectivity index (χ1) is 13.1. The van der Waals surface area contributed by atoms with Crippen molar-refractivity contribution >= 4 is 17.5 Å². The summed E-state index contributed by atoms with van der Waals surface area (Å²) in [6.07, 6.45) is 1.55. The maximum atomic E-state index is 12.4. The van der Waals surface area contributed by atoms with Crippen molar-refractivity contribution in [2.24, 2.45) is 0 Å². The van der Waals surface area contributed by atoms with Gasteiger partial charge in [-0.3, -0.25) is 9.59 Å². The fraction of sp³-hybridized carbons (Fsp3) is 0.143. The molecular formula is C21H20N2O4. The van der Waals surface area contributed by atoms with Crippen molar-refractivity contribution < 1.29 is 18.7 Å². The zero-order valence-electron chi connectivity index (χ0n) is 14.9. The van der Waals surface area contributed by atoms with E-state index in [9.17, 15) is 9.59 Å². The molecule has 2 N–H and O–H groups in total. The summed E-state index contributed by atoms with van der Waals surface area (Å²) in [6, 6.07) is 17.8. The van der Waals surface area contributed by atoms with Crippen molar-refractivity contribution in [1.29, 1.82) is 0 Å². The van der Waals surface area contributed by atoms with E-state index in [1.165, 1.54) is 0 Å². The van der Waals surface area contributed by atoms with E-state index in [0.29, 0.717) is 22.8 Å². The minimum Gasteiger partial charge on any atom is -0.484 e. The molecule has 0 fully saturated rings. The zero-order valence-corrected chi connectivity index (χ0v) is 14.9. The molecule has 0 unspecified atom stereocenters. The third-order valence-corrected chi connectivity index (χ3v) is 3.84. The number of carbonyl (C=O) groups excluding carboxylic acids is 2. The van der Waals surface area contributed by atoms with E-state index >= 15 is 0 Å². The monoisotopic (exact) mass is 364 g/mol. The molecule has 0 saturated heterocycles. The van der Waals surface area contributed by atoms with Crippen molar-refractivity contribution in [3.05, 3.63) is 83.8 Å². The van der Waals surface area contributed by atoms with Crippen LogP contribution in [0.1, 0.15) is 21.7 Å². The third-order valence-electron chi connectivity index (χ3n) is 3.84. The molecule has 0 aliphatic heterocycles. The lowest BCUT2D eigenvalue weighted by atomic mass is 10.1. The molecule has 6 heteroatoms. The highest BCUT2D eigenvalue weighted by atomic mass is 16.5. The first-order valence-electron chi connectivity index (χ1n) is 8.51. The van der Waals surface area contributed by atoms with Gasteiger partial charge in [0.1, 0.15) is 11.5 Å². The van der Waals surface area contributed by atoms with Gasteiger partial charge in [-0.05, 0) is 43.3 Å². The zero-order chi connectivity index (χ0) is 19.1. The summed E-state index contributed by atoms with van der Waals surface area (Å²) in [7, 11) is 0. The minimum absolute atomic E-state index is 0.147. The Hall–Kier alpha value is -3.54. The number of anilines is 1. The number of ether oxygens (including phenoxy) is 1. The third kappa shape index (κ3) is 5.22. The Balaban J connectivity index is 1.58. The van der Waals surface area contributed by atoms with E-state index in [2.05, 4.69) is 10.6 Å². The van der Waals surface area contributed by atoms with Gasteiger partial charge in [-0.25, -0.2) is 0 Å². The largest absolute Gasteiger partial charge is 0.484 e. The molecule has 2 aromatic carbocycles. The molecule has 6 nitrogen and oxygen atoms in total. The van der Waals surface area contributed by atoms with Crippen LogP contribution in [0.25, 0.3) is 0 Å². The van der Waals surface area contributed by atoms with Crippen molar-refractivity contribution in [2.45, 2.75) is 13.5 Å². The van der Waals surface area contributed by atoms with Crippen LogP contribution in [0.5, 0.6) is 5.75 Å². The topological polar surface area (TPSA) is 80.6 Å². The maximum absolute atomic E-state index is 12.4. The van der Waals surface area contributed by atoms with E-state index in [1.807, 2.05) is 19.1 Å². The van der Waals surface area contributed by atoms with E-state index in [4.69, 9.17) is 9.15 Å². The second-order valence-corrected chi connectivity index (χ2v) is 5.96. The Morgan fingerprint density at radius 2 is 1.78 bits per heavy atom. The van der Waals surface area contributed by atoms with E-state index in [1.54, 1.807) is 54.8 Å². The highest BCUT2D eigenvalue weighted by Crippen LogP contribution is 2.16. The molecule has 0 radical (unpaired) electrons. The van der Waals surface area contributed by atoms with Gasteiger partial charge in [0.15, 0.2) is 6.61 Å². The molecule has 138 valence electrons. The predicted octanol–water partition coefficient (Wildman–Crippen LogP) is 3.54. The van der Waals surface area contributed by atoms with Crippen molar-refractivity contribution in [3.8, 4) is 5.75 Å². The number of furan rings is 1. The van der Waals surface area contributed by atoms with Gasteiger partial charge in [-0.15, -0.1) is 0 Å². The fourth-order valence-electron chi connectivity index (χ4n) is 2.44. The lowest BCUT2D eigenvalue weighted by molar-refractivity contribution is -0.118. The SMILES string of the molecule is Cc1ccc(OCC(=O)Nc2ccccc2C(=O)NCc2ccco2)cc1. The summed E-state index contributed by atoms with van der Waals surface area (Å²) in [5, 5.41) is 5.48. The average Bonchev–Trinajstić information content (AvgIpc) is 3.20. The van der Waals surface area contributed by atoms with Crippen molar-refractivity contribution in [3.63, 3.8) is 0 Å². The number of hydrogen-bond acceptors (Lipinski definition) is 4. The van der Waals surface area contributed by atoms with Gasteiger partial charge in [0.25, 0.3) is 11.8 Å². The Morgan fingerprint density at radius 3 is 2.52 bits per heavy atom. The van der Waals surface area contributed by atoms with Gasteiger partial charge in [-0.1, -0.05) is 29.8 Å². The highest BCUT2D eigenvalue weighted by Gasteiger charge is 2.13. The summed E-state index contributed by atoms with van der Waals surface area (Å²) in [5.74, 6) is 0.611. The molecule has 1 heterocycles. The standard InChI is InChI=1S/C21H20N2O4/c1-15-8-10-16(11-9-15)27-14-20(24)23-19-7-3-2-6-18(19)21(25)22-13-17-5-4-12-26-17/h2-12H,13-14H2,1H3,(H,22,25)(H,23,24). The number of para-hydroxylation sites is 1.